The van der Waals surface area contributed by atoms with Crippen LogP contribution in [0.4, 0.5) is 0 Å². The van der Waals surface area contributed by atoms with E-state index in [0.29, 0.717) is 6.54 Å². The van der Waals surface area contributed by atoms with Crippen molar-refractivity contribution >= 4 is 10.2 Å². The first kappa shape index (κ1) is 14.9. The van der Waals surface area contributed by atoms with Crippen LogP contribution in [-0.2, 0) is 10.2 Å². The first-order chi connectivity index (χ1) is 7.91. The van der Waals surface area contributed by atoms with Gasteiger partial charge in [0.1, 0.15) is 0 Å². The molecule has 0 unspecified atom stereocenters. The van der Waals surface area contributed by atoms with Gasteiger partial charge in [-0.3, -0.25) is 0 Å². The summed E-state index contributed by atoms with van der Waals surface area (Å²) in [6, 6.07) is 0.220. The Morgan fingerprint density at radius 1 is 1.18 bits per heavy atom. The lowest BCUT2D eigenvalue weighted by Crippen LogP contribution is -2.49. The fraction of sp³-hybridized carbons (Fsp3) is 1.00. The third-order valence-electron chi connectivity index (χ3n) is 3.68. The predicted molar refractivity (Wildman–Crippen MR) is 71.1 cm³/mol. The normalized spacial score (nSPS) is 19.5. The zero-order chi connectivity index (χ0) is 13.1. The molecule has 1 aliphatic carbocycles. The van der Waals surface area contributed by atoms with Gasteiger partial charge in [0.05, 0.1) is 0 Å². The molecule has 0 atom stereocenters. The summed E-state index contributed by atoms with van der Waals surface area (Å²) in [5.41, 5.74) is 0. The minimum Gasteiger partial charge on any atom is -0.195 e. The van der Waals surface area contributed by atoms with E-state index in [1.54, 1.807) is 11.4 Å². The quantitative estimate of drug-likeness (QED) is 0.762. The van der Waals surface area contributed by atoms with Crippen LogP contribution < -0.4 is 0 Å². The van der Waals surface area contributed by atoms with Crippen LogP contribution in [0.2, 0.25) is 0 Å². The van der Waals surface area contributed by atoms with Crippen molar-refractivity contribution < 1.29 is 8.42 Å². The van der Waals surface area contributed by atoms with E-state index in [9.17, 15) is 8.42 Å². The number of hydrogen-bond acceptors (Lipinski definition) is 2. The van der Waals surface area contributed by atoms with E-state index in [0.717, 1.165) is 25.7 Å². The number of hydrogen-bond donors (Lipinski definition) is 0. The Labute approximate surface area is 106 Å². The van der Waals surface area contributed by atoms with Crippen molar-refractivity contribution in [1.82, 2.24) is 8.61 Å². The molecule has 0 aromatic rings. The van der Waals surface area contributed by atoms with E-state index in [1.165, 1.54) is 10.7 Å². The molecule has 4 nitrogen and oxygen atoms in total. The summed E-state index contributed by atoms with van der Waals surface area (Å²) in [6.45, 7) is 6.32. The molecule has 0 saturated heterocycles. The fourth-order valence-corrected chi connectivity index (χ4v) is 4.19. The van der Waals surface area contributed by atoms with E-state index in [1.807, 2.05) is 20.8 Å². The fourth-order valence-electron chi connectivity index (χ4n) is 2.41. The van der Waals surface area contributed by atoms with Crippen molar-refractivity contribution in [3.8, 4) is 0 Å². The van der Waals surface area contributed by atoms with Crippen LogP contribution >= 0.6 is 0 Å². The van der Waals surface area contributed by atoms with Crippen LogP contribution in [0, 0.1) is 0 Å². The maximum atomic E-state index is 12.5. The van der Waals surface area contributed by atoms with Crippen LogP contribution in [-0.4, -0.2) is 42.7 Å². The average molecular weight is 262 g/mol. The molecule has 0 N–H and O–H groups in total. The van der Waals surface area contributed by atoms with Crippen molar-refractivity contribution in [3.05, 3.63) is 0 Å². The maximum absolute atomic E-state index is 12.5. The first-order valence-electron chi connectivity index (χ1n) is 6.66. The summed E-state index contributed by atoms with van der Waals surface area (Å²) >= 11 is 0. The molecule has 0 heterocycles. The molecule has 1 rings (SSSR count). The lowest BCUT2D eigenvalue weighted by molar-refractivity contribution is 0.240. The van der Waals surface area contributed by atoms with Gasteiger partial charge in [-0.25, -0.2) is 0 Å². The van der Waals surface area contributed by atoms with Crippen LogP contribution in [0.15, 0.2) is 0 Å². The smallest absolute Gasteiger partial charge is 0.195 e. The summed E-state index contributed by atoms with van der Waals surface area (Å²) in [4.78, 5) is 0. The summed E-state index contributed by atoms with van der Waals surface area (Å²) in [5.74, 6) is 0. The highest BCUT2D eigenvalue weighted by Crippen LogP contribution is 2.25. The highest BCUT2D eigenvalue weighted by molar-refractivity contribution is 7.86. The minimum absolute atomic E-state index is 0.0117. The second-order valence-electron chi connectivity index (χ2n) is 5.11. The lowest BCUT2D eigenvalue weighted by atomic mass is 9.95. The van der Waals surface area contributed by atoms with Gasteiger partial charge >= 0.3 is 0 Å². The van der Waals surface area contributed by atoms with Gasteiger partial charge < -0.3 is 0 Å². The third-order valence-corrected chi connectivity index (χ3v) is 5.98. The molecule has 102 valence electrons. The largest absolute Gasteiger partial charge is 0.282 e. The van der Waals surface area contributed by atoms with Gasteiger partial charge in [-0.05, 0) is 26.7 Å². The summed E-state index contributed by atoms with van der Waals surface area (Å²) in [5, 5.41) is 0. The van der Waals surface area contributed by atoms with Crippen molar-refractivity contribution in [2.75, 3.05) is 13.6 Å². The molecular formula is C12H26N2O2S. The molecule has 0 aliphatic heterocycles. The highest BCUT2D eigenvalue weighted by atomic mass is 32.2. The third kappa shape index (κ3) is 3.42. The molecule has 0 aromatic heterocycles. The molecule has 0 bridgehead atoms. The molecule has 0 aromatic carbocycles. The molecule has 5 heteroatoms. The standard InChI is InChI=1S/C12H26N2O2S/c1-5-14(12-9-7-6-8-10-12)17(15,16)13(4)11(2)3/h11-12H,5-10H2,1-4H3. The van der Waals surface area contributed by atoms with Gasteiger partial charge in [-0.2, -0.15) is 17.0 Å². The Bertz CT molecular complexity index is 321. The molecular weight excluding hydrogens is 236 g/mol. The molecule has 0 radical (unpaired) electrons. The van der Waals surface area contributed by atoms with Gasteiger partial charge in [0.25, 0.3) is 10.2 Å². The molecule has 0 amide bonds. The summed E-state index contributed by atoms with van der Waals surface area (Å²) in [6.07, 6.45) is 5.58. The van der Waals surface area contributed by atoms with Gasteiger partial charge in [0, 0.05) is 25.7 Å². The van der Waals surface area contributed by atoms with Crippen LogP contribution in [0.25, 0.3) is 0 Å². The van der Waals surface area contributed by atoms with Crippen LogP contribution in [0.3, 0.4) is 0 Å². The zero-order valence-electron chi connectivity index (χ0n) is 11.5. The monoisotopic (exact) mass is 262 g/mol. The van der Waals surface area contributed by atoms with Crippen LogP contribution in [0.1, 0.15) is 52.9 Å². The van der Waals surface area contributed by atoms with E-state index in [-0.39, 0.29) is 12.1 Å². The SMILES string of the molecule is CCN(C1CCCCC1)S(=O)(=O)N(C)C(C)C. The molecule has 1 saturated carbocycles. The lowest BCUT2D eigenvalue weighted by Gasteiger charge is -2.36. The molecule has 0 spiro atoms. The highest BCUT2D eigenvalue weighted by Gasteiger charge is 2.33. The molecule has 1 fully saturated rings. The van der Waals surface area contributed by atoms with Crippen molar-refractivity contribution in [3.63, 3.8) is 0 Å². The van der Waals surface area contributed by atoms with Crippen molar-refractivity contribution in [1.29, 1.82) is 0 Å². The number of rotatable bonds is 5. The van der Waals surface area contributed by atoms with E-state index in [4.69, 9.17) is 0 Å². The Hall–Kier alpha value is -0.130. The topological polar surface area (TPSA) is 40.6 Å². The van der Waals surface area contributed by atoms with Crippen molar-refractivity contribution in [2.45, 2.75) is 65.0 Å². The van der Waals surface area contributed by atoms with Gasteiger partial charge in [0.2, 0.25) is 0 Å². The van der Waals surface area contributed by atoms with E-state index >= 15 is 0 Å². The summed E-state index contributed by atoms with van der Waals surface area (Å²) < 4.78 is 28.1. The predicted octanol–water partition coefficient (Wildman–Crippen LogP) is 2.23. The van der Waals surface area contributed by atoms with E-state index in [2.05, 4.69) is 0 Å². The Balaban J connectivity index is 2.84. The first-order valence-corrected chi connectivity index (χ1v) is 8.05. The number of nitrogens with zero attached hydrogens (tertiary/aromatic N) is 2. The average Bonchev–Trinajstić information content (AvgIpc) is 2.29. The van der Waals surface area contributed by atoms with Gasteiger partial charge in [-0.15, -0.1) is 0 Å². The van der Waals surface area contributed by atoms with Crippen molar-refractivity contribution in [2.24, 2.45) is 0 Å². The second kappa shape index (κ2) is 6.16. The zero-order valence-corrected chi connectivity index (χ0v) is 12.3. The van der Waals surface area contributed by atoms with Crippen LogP contribution in [0.5, 0.6) is 0 Å². The maximum Gasteiger partial charge on any atom is 0.282 e. The Kier molecular flexibility index (Phi) is 5.41. The Morgan fingerprint density at radius 3 is 2.12 bits per heavy atom. The second-order valence-corrected chi connectivity index (χ2v) is 7.05. The molecule has 17 heavy (non-hydrogen) atoms. The Morgan fingerprint density at radius 2 is 1.71 bits per heavy atom. The van der Waals surface area contributed by atoms with Gasteiger partial charge in [-0.1, -0.05) is 26.2 Å². The summed E-state index contributed by atoms with van der Waals surface area (Å²) in [7, 11) is -1.61. The molecule has 1 aliphatic rings. The minimum atomic E-state index is -3.28. The van der Waals surface area contributed by atoms with E-state index < -0.39 is 10.2 Å². The van der Waals surface area contributed by atoms with Gasteiger partial charge in [0.15, 0.2) is 0 Å².